The van der Waals surface area contributed by atoms with E-state index in [1.807, 2.05) is 36.4 Å². The van der Waals surface area contributed by atoms with Gasteiger partial charge in [0.1, 0.15) is 0 Å². The number of carbonyl (C=O) groups is 2. The van der Waals surface area contributed by atoms with Gasteiger partial charge in [0.2, 0.25) is 0 Å². The molecule has 6 aromatic rings. The SMILES string of the molecule is COC(=O)/C=C/c1ccc(CNCCc2c(C)[nH]c3ccccc23)cc1.Cc1[nH]c2ccccc2c1CCNCc1ccc(/C=C/C(=O)NO)cc1. The molecule has 0 bridgehead atoms. The maximum absolute atomic E-state index is 11.1. The molecule has 9 nitrogen and oxygen atoms in total. The van der Waals surface area contributed by atoms with Crippen molar-refractivity contribution in [2.75, 3.05) is 20.2 Å². The standard InChI is InChI=1S/C22H24N2O2.C21H23N3O2/c1-16-19(20-5-3-4-6-21(20)24-16)13-14-23-15-18-9-7-17(8-10-18)11-12-22(25)26-2;1-15-18(19-4-2-3-5-20(19)23-15)12-13-22-14-17-8-6-16(7-9-17)10-11-21(25)24-26/h3-12,23-24H,13-15H2,1-2H3;2-11,22-23,26H,12-14H2,1H3,(H,24,25)/b12-11+;11-10+. The van der Waals surface area contributed by atoms with Crippen molar-refractivity contribution in [2.24, 2.45) is 0 Å². The molecule has 1 amide bonds. The van der Waals surface area contributed by atoms with E-state index in [-0.39, 0.29) is 5.97 Å². The lowest BCUT2D eigenvalue weighted by Gasteiger charge is -2.06. The summed E-state index contributed by atoms with van der Waals surface area (Å²) in [5.41, 5.74) is 13.5. The number of benzene rings is 4. The number of hydrogen-bond acceptors (Lipinski definition) is 6. The first kappa shape index (κ1) is 37.5. The molecule has 0 radical (unpaired) electrons. The largest absolute Gasteiger partial charge is 0.466 e. The molecule has 0 saturated carbocycles. The quantitative estimate of drug-likeness (QED) is 0.0233. The number of hydroxylamine groups is 1. The van der Waals surface area contributed by atoms with Gasteiger partial charge >= 0.3 is 5.97 Å². The van der Waals surface area contributed by atoms with Crippen molar-refractivity contribution in [3.8, 4) is 0 Å². The number of hydrogen-bond donors (Lipinski definition) is 6. The monoisotopic (exact) mass is 697 g/mol. The number of methoxy groups -OCH3 is 1. The van der Waals surface area contributed by atoms with Crippen molar-refractivity contribution in [1.82, 2.24) is 26.1 Å². The van der Waals surface area contributed by atoms with Gasteiger partial charge in [0, 0.05) is 58.4 Å². The highest BCUT2D eigenvalue weighted by Gasteiger charge is 2.08. The number of esters is 1. The molecule has 52 heavy (non-hydrogen) atoms. The summed E-state index contributed by atoms with van der Waals surface area (Å²) in [7, 11) is 1.37. The van der Waals surface area contributed by atoms with Crippen molar-refractivity contribution in [3.63, 3.8) is 0 Å². The van der Waals surface area contributed by atoms with E-state index in [0.717, 1.165) is 50.1 Å². The number of amides is 1. The zero-order valence-corrected chi connectivity index (χ0v) is 30.0. The fraction of sp³-hybridized carbons (Fsp3) is 0.209. The van der Waals surface area contributed by atoms with Crippen LogP contribution in [0.3, 0.4) is 0 Å². The Morgan fingerprint density at radius 3 is 1.54 bits per heavy atom. The Morgan fingerprint density at radius 2 is 1.10 bits per heavy atom. The van der Waals surface area contributed by atoms with Crippen LogP contribution in [0.2, 0.25) is 0 Å². The molecule has 0 aliphatic heterocycles. The fourth-order valence-electron chi connectivity index (χ4n) is 6.14. The van der Waals surface area contributed by atoms with Crippen molar-refractivity contribution in [3.05, 3.63) is 154 Å². The molecule has 0 spiro atoms. The van der Waals surface area contributed by atoms with Crippen molar-refractivity contribution < 1.29 is 19.5 Å². The molecule has 9 heteroatoms. The molecule has 0 aliphatic carbocycles. The minimum atomic E-state index is -0.539. The highest BCUT2D eigenvalue weighted by atomic mass is 16.5. The molecule has 4 aromatic carbocycles. The molecule has 2 heterocycles. The lowest BCUT2D eigenvalue weighted by molar-refractivity contribution is -0.134. The van der Waals surface area contributed by atoms with Crippen LogP contribution in [0, 0.1) is 13.8 Å². The first-order valence-electron chi connectivity index (χ1n) is 17.4. The van der Waals surface area contributed by atoms with Gasteiger partial charge in [-0.3, -0.25) is 10.0 Å². The van der Waals surface area contributed by atoms with Crippen LogP contribution in [0.5, 0.6) is 0 Å². The number of carbonyl (C=O) groups excluding carboxylic acids is 2. The van der Waals surface area contributed by atoms with Gasteiger partial charge in [-0.15, -0.1) is 0 Å². The number of para-hydroxylation sites is 2. The van der Waals surface area contributed by atoms with Gasteiger partial charge in [0.15, 0.2) is 0 Å². The smallest absolute Gasteiger partial charge is 0.330 e. The molecule has 0 saturated heterocycles. The average Bonchev–Trinajstić information content (AvgIpc) is 3.68. The first-order chi connectivity index (χ1) is 25.3. The molecule has 0 fully saturated rings. The summed E-state index contributed by atoms with van der Waals surface area (Å²) >= 11 is 0. The van der Waals surface area contributed by atoms with E-state index in [1.165, 1.54) is 74.7 Å². The van der Waals surface area contributed by atoms with E-state index in [2.05, 4.69) is 99.8 Å². The molecule has 0 unspecified atom stereocenters. The molecular formula is C43H47N5O4. The van der Waals surface area contributed by atoms with Crippen LogP contribution in [-0.2, 0) is 40.3 Å². The third-order valence-corrected chi connectivity index (χ3v) is 8.93. The van der Waals surface area contributed by atoms with Crippen LogP contribution >= 0.6 is 0 Å². The highest BCUT2D eigenvalue weighted by molar-refractivity contribution is 5.91. The number of H-pyrrole nitrogens is 2. The van der Waals surface area contributed by atoms with Crippen molar-refractivity contribution in [1.29, 1.82) is 0 Å². The maximum atomic E-state index is 11.1. The van der Waals surface area contributed by atoms with Gasteiger partial charge in [-0.05, 0) is 97.4 Å². The molecule has 2 aromatic heterocycles. The Hall–Kier alpha value is -5.74. The second-order valence-electron chi connectivity index (χ2n) is 12.6. The van der Waals surface area contributed by atoms with E-state index in [0.29, 0.717) is 0 Å². The Morgan fingerprint density at radius 1 is 0.654 bits per heavy atom. The summed E-state index contributed by atoms with van der Waals surface area (Å²) in [6, 6.07) is 32.9. The van der Waals surface area contributed by atoms with Crippen LogP contribution in [0.4, 0.5) is 0 Å². The Kier molecular flexibility index (Phi) is 13.7. The Labute approximate surface area is 304 Å². The molecular weight excluding hydrogens is 651 g/mol. The number of fused-ring (bicyclic) bond motifs is 2. The summed E-state index contributed by atoms with van der Waals surface area (Å²) in [5, 5.41) is 18.1. The van der Waals surface area contributed by atoms with Crippen LogP contribution in [0.1, 0.15) is 44.8 Å². The minimum absolute atomic E-state index is 0.344. The van der Waals surface area contributed by atoms with E-state index in [9.17, 15) is 9.59 Å². The molecule has 6 rings (SSSR count). The molecule has 0 atom stereocenters. The predicted octanol–water partition coefficient (Wildman–Crippen LogP) is 7.32. The molecule has 6 N–H and O–H groups in total. The number of ether oxygens (including phenoxy) is 1. The second-order valence-corrected chi connectivity index (χ2v) is 12.6. The summed E-state index contributed by atoms with van der Waals surface area (Å²) in [5.74, 6) is -0.883. The second kappa shape index (κ2) is 19.0. The van der Waals surface area contributed by atoms with E-state index in [1.54, 1.807) is 17.6 Å². The van der Waals surface area contributed by atoms with Crippen LogP contribution in [0.15, 0.2) is 109 Å². The van der Waals surface area contributed by atoms with Crippen LogP contribution in [-0.4, -0.2) is 47.3 Å². The normalized spacial score (nSPS) is 11.3. The summed E-state index contributed by atoms with van der Waals surface area (Å²) in [4.78, 5) is 29.0. The Bertz CT molecular complexity index is 1970. The number of aryl methyl sites for hydroxylation is 2. The van der Waals surface area contributed by atoms with Gasteiger partial charge in [-0.2, -0.15) is 0 Å². The zero-order valence-electron chi connectivity index (χ0n) is 30.0. The number of aromatic amines is 2. The van der Waals surface area contributed by atoms with Gasteiger partial charge in [0.05, 0.1) is 7.11 Å². The van der Waals surface area contributed by atoms with Gasteiger partial charge in [-0.1, -0.05) is 84.9 Å². The lowest BCUT2D eigenvalue weighted by atomic mass is 10.1. The van der Waals surface area contributed by atoms with Crippen molar-refractivity contribution in [2.45, 2.75) is 39.8 Å². The summed E-state index contributed by atoms with van der Waals surface area (Å²) < 4.78 is 4.59. The van der Waals surface area contributed by atoms with Gasteiger partial charge in [-0.25, -0.2) is 10.3 Å². The fourth-order valence-corrected chi connectivity index (χ4v) is 6.14. The lowest BCUT2D eigenvalue weighted by Crippen LogP contribution is -2.16. The maximum Gasteiger partial charge on any atom is 0.330 e. The predicted molar refractivity (Wildman–Crippen MR) is 210 cm³/mol. The number of nitrogens with one attached hydrogen (secondary N) is 5. The molecule has 0 aliphatic rings. The van der Waals surface area contributed by atoms with Crippen molar-refractivity contribution >= 4 is 45.8 Å². The highest BCUT2D eigenvalue weighted by Crippen LogP contribution is 2.23. The van der Waals surface area contributed by atoms with Gasteiger partial charge < -0.3 is 25.3 Å². The number of aromatic nitrogens is 2. The topological polar surface area (TPSA) is 131 Å². The third kappa shape index (κ3) is 10.6. The Balaban J connectivity index is 0.000000201. The van der Waals surface area contributed by atoms with Crippen LogP contribution < -0.4 is 16.1 Å². The zero-order chi connectivity index (χ0) is 36.7. The third-order valence-electron chi connectivity index (χ3n) is 8.93. The van der Waals surface area contributed by atoms with Crippen LogP contribution in [0.25, 0.3) is 34.0 Å². The summed E-state index contributed by atoms with van der Waals surface area (Å²) in [6.45, 7) is 7.70. The minimum Gasteiger partial charge on any atom is -0.466 e. The summed E-state index contributed by atoms with van der Waals surface area (Å²) in [6.07, 6.45) is 8.10. The average molecular weight is 698 g/mol. The number of rotatable bonds is 14. The van der Waals surface area contributed by atoms with E-state index < -0.39 is 5.91 Å². The van der Waals surface area contributed by atoms with Gasteiger partial charge in [0.25, 0.3) is 5.91 Å². The van der Waals surface area contributed by atoms with E-state index in [4.69, 9.17) is 5.21 Å². The molecule has 268 valence electrons. The van der Waals surface area contributed by atoms with E-state index >= 15 is 0 Å². The first-order valence-corrected chi connectivity index (χ1v) is 17.4.